The van der Waals surface area contributed by atoms with Gasteiger partial charge in [0.05, 0.1) is 36.8 Å². The van der Waals surface area contributed by atoms with Crippen LogP contribution < -0.4 is 10.2 Å². The molecule has 1 unspecified atom stereocenters. The minimum Gasteiger partial charge on any atom is -0.442 e. The predicted octanol–water partition coefficient (Wildman–Crippen LogP) is 1.77. The lowest BCUT2D eigenvalue weighted by molar-refractivity contribution is -0.119. The molecular formula is C21H20N6O4. The second-order valence-corrected chi connectivity index (χ2v) is 7.79. The molecule has 4 heterocycles. The Kier molecular flexibility index (Phi) is 4.51. The van der Waals surface area contributed by atoms with Gasteiger partial charge in [0.15, 0.2) is 5.54 Å². The number of pyridine rings is 1. The lowest BCUT2D eigenvalue weighted by Gasteiger charge is -2.17. The average molecular weight is 420 g/mol. The van der Waals surface area contributed by atoms with Crippen LogP contribution in [0.25, 0.3) is 11.1 Å². The van der Waals surface area contributed by atoms with E-state index in [1.54, 1.807) is 17.2 Å². The monoisotopic (exact) mass is 420 g/mol. The number of ether oxygens (including phenoxy) is 1. The van der Waals surface area contributed by atoms with Crippen LogP contribution in [0.3, 0.4) is 0 Å². The Labute approximate surface area is 177 Å². The van der Waals surface area contributed by atoms with Crippen LogP contribution in [0.2, 0.25) is 0 Å². The van der Waals surface area contributed by atoms with Crippen LogP contribution in [-0.2, 0) is 21.5 Å². The number of aliphatic hydroxyl groups excluding tert-OH is 1. The molecule has 5 rings (SSSR count). The SMILES string of the molecule is CC(=O)NC[C@@H]1OC(=O)N2c3ccc(-c4ccc(C5(CO)C=NN=N5)nc4)cc3C[C@@H]12. The molecule has 1 fully saturated rings. The molecule has 0 spiro atoms. The van der Waals surface area contributed by atoms with Gasteiger partial charge in [-0.15, -0.1) is 10.2 Å². The van der Waals surface area contributed by atoms with Crippen molar-refractivity contribution in [2.75, 3.05) is 18.1 Å². The van der Waals surface area contributed by atoms with Crippen LogP contribution in [0.5, 0.6) is 0 Å². The fourth-order valence-corrected chi connectivity index (χ4v) is 4.22. The topological polar surface area (TPSA) is 129 Å². The van der Waals surface area contributed by atoms with Crippen LogP contribution in [0, 0.1) is 0 Å². The molecule has 2 amide bonds. The number of carbonyl (C=O) groups is 2. The van der Waals surface area contributed by atoms with E-state index >= 15 is 0 Å². The van der Waals surface area contributed by atoms with Gasteiger partial charge in [0.1, 0.15) is 6.10 Å². The molecule has 1 saturated heterocycles. The zero-order chi connectivity index (χ0) is 21.6. The number of hydrogen-bond donors (Lipinski definition) is 2. The van der Waals surface area contributed by atoms with Crippen molar-refractivity contribution in [3.8, 4) is 11.1 Å². The summed E-state index contributed by atoms with van der Waals surface area (Å²) in [7, 11) is 0. The van der Waals surface area contributed by atoms with Gasteiger partial charge in [0.2, 0.25) is 5.91 Å². The Morgan fingerprint density at radius 1 is 1.32 bits per heavy atom. The second kappa shape index (κ2) is 7.24. The van der Waals surface area contributed by atoms with Crippen molar-refractivity contribution in [2.45, 2.75) is 31.0 Å². The molecule has 10 heteroatoms. The van der Waals surface area contributed by atoms with Crippen molar-refractivity contribution in [1.82, 2.24) is 10.3 Å². The molecule has 158 valence electrons. The molecule has 10 nitrogen and oxygen atoms in total. The molecule has 0 radical (unpaired) electrons. The average Bonchev–Trinajstić information content (AvgIpc) is 3.48. The highest BCUT2D eigenvalue weighted by Gasteiger charge is 2.47. The van der Waals surface area contributed by atoms with Gasteiger partial charge in [-0.05, 0) is 41.0 Å². The van der Waals surface area contributed by atoms with Gasteiger partial charge in [-0.25, -0.2) is 4.79 Å². The predicted molar refractivity (Wildman–Crippen MR) is 111 cm³/mol. The highest BCUT2D eigenvalue weighted by atomic mass is 16.6. The van der Waals surface area contributed by atoms with E-state index in [0.29, 0.717) is 18.7 Å². The summed E-state index contributed by atoms with van der Waals surface area (Å²) in [5.41, 5.74) is 3.27. The first kappa shape index (κ1) is 19.3. The zero-order valence-electron chi connectivity index (χ0n) is 16.7. The van der Waals surface area contributed by atoms with Gasteiger partial charge in [-0.2, -0.15) is 0 Å². The normalized spacial score (nSPS) is 25.5. The molecule has 1 aromatic carbocycles. The molecule has 3 aliphatic heterocycles. The summed E-state index contributed by atoms with van der Waals surface area (Å²) in [5, 5.41) is 23.8. The van der Waals surface area contributed by atoms with Gasteiger partial charge in [0, 0.05) is 18.7 Å². The lowest BCUT2D eigenvalue weighted by atomic mass is 9.96. The van der Waals surface area contributed by atoms with Crippen molar-refractivity contribution >= 4 is 23.9 Å². The molecule has 31 heavy (non-hydrogen) atoms. The molecule has 0 saturated carbocycles. The first-order chi connectivity index (χ1) is 15.0. The third-order valence-corrected chi connectivity index (χ3v) is 5.86. The third kappa shape index (κ3) is 3.15. The molecule has 2 aromatic rings. The van der Waals surface area contributed by atoms with Gasteiger partial charge >= 0.3 is 6.09 Å². The fourth-order valence-electron chi connectivity index (χ4n) is 4.22. The minimum atomic E-state index is -1.02. The molecule has 0 bridgehead atoms. The van der Waals surface area contributed by atoms with E-state index in [4.69, 9.17) is 4.74 Å². The summed E-state index contributed by atoms with van der Waals surface area (Å²) in [6.07, 6.45) is 3.08. The number of amides is 2. The third-order valence-electron chi connectivity index (χ3n) is 5.86. The lowest BCUT2D eigenvalue weighted by Crippen LogP contribution is -2.40. The highest BCUT2D eigenvalue weighted by Crippen LogP contribution is 2.40. The minimum absolute atomic E-state index is 0.137. The number of anilines is 1. The van der Waals surface area contributed by atoms with E-state index in [0.717, 1.165) is 22.4 Å². The number of aliphatic hydroxyl groups is 1. The van der Waals surface area contributed by atoms with Crippen LogP contribution in [0.4, 0.5) is 10.5 Å². The number of aromatic nitrogens is 1. The molecule has 3 atom stereocenters. The summed E-state index contributed by atoms with van der Waals surface area (Å²) in [5.74, 6) is -0.156. The molecule has 3 aliphatic rings. The van der Waals surface area contributed by atoms with E-state index in [1.165, 1.54) is 13.1 Å². The first-order valence-electron chi connectivity index (χ1n) is 9.92. The van der Waals surface area contributed by atoms with Gasteiger partial charge in [-0.1, -0.05) is 12.1 Å². The Morgan fingerprint density at radius 2 is 2.16 bits per heavy atom. The van der Waals surface area contributed by atoms with Gasteiger partial charge < -0.3 is 15.2 Å². The van der Waals surface area contributed by atoms with E-state index in [-0.39, 0.29) is 30.8 Å². The van der Waals surface area contributed by atoms with Crippen LogP contribution in [0.1, 0.15) is 18.2 Å². The Bertz CT molecular complexity index is 1100. The van der Waals surface area contributed by atoms with Crippen molar-refractivity contribution < 1.29 is 19.4 Å². The van der Waals surface area contributed by atoms with E-state index < -0.39 is 5.54 Å². The molecule has 2 N–H and O–H groups in total. The fraction of sp³-hybridized carbons (Fsp3) is 0.333. The Morgan fingerprint density at radius 3 is 2.84 bits per heavy atom. The number of fused-ring (bicyclic) bond motifs is 3. The standard InChI is InChI=1S/C21H20N6O4/c1-12(29)22-9-18-17-7-15-6-13(2-4-16(15)27(17)20(30)31-18)14-3-5-19(23-8-14)21(11-28)10-24-26-25-21/h2-6,8,10,17-18,28H,7,9,11H2,1H3,(H,22,29)/t17-,18-,21?/m0/s1. The molecule has 1 aromatic heterocycles. The number of benzene rings is 1. The summed E-state index contributed by atoms with van der Waals surface area (Å²) in [6, 6.07) is 9.47. The van der Waals surface area contributed by atoms with Crippen molar-refractivity contribution in [1.29, 1.82) is 0 Å². The largest absolute Gasteiger partial charge is 0.442 e. The Hall–Kier alpha value is -3.66. The molecule has 0 aliphatic carbocycles. The second-order valence-electron chi connectivity index (χ2n) is 7.79. The Balaban J connectivity index is 1.39. The first-order valence-corrected chi connectivity index (χ1v) is 9.92. The number of nitrogens with zero attached hydrogens (tertiary/aromatic N) is 5. The summed E-state index contributed by atoms with van der Waals surface area (Å²) >= 11 is 0. The number of hydrogen-bond acceptors (Lipinski definition) is 8. The van der Waals surface area contributed by atoms with Crippen LogP contribution in [-0.4, -0.2) is 53.6 Å². The quantitative estimate of drug-likeness (QED) is 0.762. The number of nitrogens with one attached hydrogen (secondary N) is 1. The van der Waals surface area contributed by atoms with Crippen molar-refractivity contribution in [3.63, 3.8) is 0 Å². The maximum absolute atomic E-state index is 12.4. The maximum Gasteiger partial charge on any atom is 0.415 e. The van der Waals surface area contributed by atoms with E-state index in [9.17, 15) is 14.7 Å². The van der Waals surface area contributed by atoms with E-state index in [2.05, 4.69) is 25.7 Å². The van der Waals surface area contributed by atoms with Crippen LogP contribution >= 0.6 is 0 Å². The summed E-state index contributed by atoms with van der Waals surface area (Å²) in [6.45, 7) is 1.47. The van der Waals surface area contributed by atoms with Crippen LogP contribution in [0.15, 0.2) is 52.0 Å². The van der Waals surface area contributed by atoms with Gasteiger partial charge in [0.25, 0.3) is 0 Å². The highest BCUT2D eigenvalue weighted by molar-refractivity contribution is 5.94. The van der Waals surface area contributed by atoms with Gasteiger partial charge in [-0.3, -0.25) is 14.7 Å². The summed E-state index contributed by atoms with van der Waals surface area (Å²) in [4.78, 5) is 29.8. The summed E-state index contributed by atoms with van der Waals surface area (Å²) < 4.78 is 5.45. The number of rotatable bonds is 5. The maximum atomic E-state index is 12.4. The van der Waals surface area contributed by atoms with Crippen molar-refractivity contribution in [3.05, 3.63) is 47.8 Å². The van der Waals surface area contributed by atoms with Crippen molar-refractivity contribution in [2.24, 2.45) is 15.4 Å². The molecular weight excluding hydrogens is 400 g/mol. The zero-order valence-corrected chi connectivity index (χ0v) is 16.7. The smallest absolute Gasteiger partial charge is 0.415 e. The van der Waals surface area contributed by atoms with E-state index in [1.807, 2.05) is 24.3 Å². The number of carbonyl (C=O) groups excluding carboxylic acids is 2. The number of cyclic esters (lactones) is 1.